The largest absolute Gasteiger partial charge is 0.313 e. The predicted molar refractivity (Wildman–Crippen MR) is 79.2 cm³/mol. The molecule has 1 atom stereocenters. The van der Waals surface area contributed by atoms with Crippen molar-refractivity contribution in [2.75, 3.05) is 6.54 Å². The zero-order chi connectivity index (χ0) is 13.7. The second-order valence-electron chi connectivity index (χ2n) is 5.19. The number of nitrogens with one attached hydrogen (secondary N) is 2. The van der Waals surface area contributed by atoms with Crippen molar-refractivity contribution >= 4 is 0 Å². The van der Waals surface area contributed by atoms with Gasteiger partial charge in [-0.15, -0.1) is 0 Å². The lowest BCUT2D eigenvalue weighted by Gasteiger charge is -2.12. The van der Waals surface area contributed by atoms with Crippen LogP contribution in [0.4, 0.5) is 0 Å². The molecule has 19 heavy (non-hydrogen) atoms. The molecule has 0 fully saturated rings. The van der Waals surface area contributed by atoms with Crippen LogP contribution in [-0.2, 0) is 6.54 Å². The third kappa shape index (κ3) is 3.67. The molecule has 0 bridgehead atoms. The van der Waals surface area contributed by atoms with Crippen LogP contribution in [0, 0.1) is 13.8 Å². The van der Waals surface area contributed by atoms with Gasteiger partial charge in [0.15, 0.2) is 0 Å². The van der Waals surface area contributed by atoms with Gasteiger partial charge < -0.3 is 5.32 Å². The summed E-state index contributed by atoms with van der Waals surface area (Å²) in [6, 6.07) is 10.7. The smallest absolute Gasteiger partial charge is 0.0638 e. The molecule has 0 aliphatic carbocycles. The van der Waals surface area contributed by atoms with E-state index < -0.39 is 0 Å². The molecule has 0 saturated carbocycles. The van der Waals surface area contributed by atoms with E-state index >= 15 is 0 Å². The number of benzene rings is 1. The van der Waals surface area contributed by atoms with Crippen LogP contribution in [0.5, 0.6) is 0 Å². The molecule has 0 spiro atoms. The van der Waals surface area contributed by atoms with Gasteiger partial charge in [0.05, 0.1) is 5.69 Å². The van der Waals surface area contributed by atoms with E-state index in [0.29, 0.717) is 5.92 Å². The van der Waals surface area contributed by atoms with Gasteiger partial charge in [0.25, 0.3) is 0 Å². The van der Waals surface area contributed by atoms with Crippen molar-refractivity contribution in [1.82, 2.24) is 15.5 Å². The van der Waals surface area contributed by atoms with Crippen molar-refractivity contribution in [1.29, 1.82) is 0 Å². The zero-order valence-electron chi connectivity index (χ0n) is 12.0. The standard InChI is InChI=1S/C16H23N3/c1-12(15-7-5-4-6-8-15)9-10-17-11-16-13(2)18-19-14(16)3/h4-8,12,17H,9-11H2,1-3H3,(H,18,19). The summed E-state index contributed by atoms with van der Waals surface area (Å²) in [5, 5.41) is 10.7. The van der Waals surface area contributed by atoms with Gasteiger partial charge >= 0.3 is 0 Å². The Labute approximate surface area is 115 Å². The molecule has 0 saturated heterocycles. The van der Waals surface area contributed by atoms with E-state index in [1.807, 2.05) is 6.92 Å². The number of aromatic nitrogens is 2. The maximum Gasteiger partial charge on any atom is 0.0638 e. The summed E-state index contributed by atoms with van der Waals surface area (Å²) in [5.74, 6) is 0.597. The summed E-state index contributed by atoms with van der Waals surface area (Å²) in [4.78, 5) is 0. The topological polar surface area (TPSA) is 40.7 Å². The van der Waals surface area contributed by atoms with Gasteiger partial charge in [-0.25, -0.2) is 0 Å². The third-order valence-corrected chi connectivity index (χ3v) is 3.71. The van der Waals surface area contributed by atoms with Gasteiger partial charge in [0.1, 0.15) is 0 Å². The van der Waals surface area contributed by atoms with Crippen LogP contribution in [-0.4, -0.2) is 16.7 Å². The fourth-order valence-corrected chi connectivity index (χ4v) is 2.31. The Bertz CT molecular complexity index is 482. The van der Waals surface area contributed by atoms with Gasteiger partial charge in [-0.3, -0.25) is 5.10 Å². The van der Waals surface area contributed by atoms with Crippen LogP contribution in [0.25, 0.3) is 0 Å². The highest BCUT2D eigenvalue weighted by Gasteiger charge is 2.07. The molecular formula is C16H23N3. The maximum atomic E-state index is 4.21. The van der Waals surface area contributed by atoms with E-state index in [4.69, 9.17) is 0 Å². The summed E-state index contributed by atoms with van der Waals surface area (Å²) in [5.41, 5.74) is 4.98. The van der Waals surface area contributed by atoms with E-state index in [1.165, 1.54) is 16.8 Å². The van der Waals surface area contributed by atoms with Gasteiger partial charge in [0, 0.05) is 17.8 Å². The molecule has 102 valence electrons. The van der Waals surface area contributed by atoms with Crippen LogP contribution in [0.3, 0.4) is 0 Å². The first kappa shape index (κ1) is 13.8. The fraction of sp³-hybridized carbons (Fsp3) is 0.438. The van der Waals surface area contributed by atoms with E-state index in [1.54, 1.807) is 0 Å². The monoisotopic (exact) mass is 257 g/mol. The van der Waals surface area contributed by atoms with E-state index in [9.17, 15) is 0 Å². The fourth-order valence-electron chi connectivity index (χ4n) is 2.31. The lowest BCUT2D eigenvalue weighted by molar-refractivity contribution is 0.592. The second-order valence-corrected chi connectivity index (χ2v) is 5.19. The minimum atomic E-state index is 0.597. The number of hydrogen-bond donors (Lipinski definition) is 2. The molecular weight excluding hydrogens is 234 g/mol. The van der Waals surface area contributed by atoms with Crippen LogP contribution in [0.15, 0.2) is 30.3 Å². The second kappa shape index (κ2) is 6.53. The number of aryl methyl sites for hydroxylation is 2. The van der Waals surface area contributed by atoms with Gasteiger partial charge in [-0.05, 0) is 38.3 Å². The molecule has 1 aromatic carbocycles. The molecule has 2 rings (SSSR count). The first-order valence-electron chi connectivity index (χ1n) is 6.94. The van der Waals surface area contributed by atoms with Crippen LogP contribution < -0.4 is 5.32 Å². The van der Waals surface area contributed by atoms with Crippen molar-refractivity contribution in [3.63, 3.8) is 0 Å². The van der Waals surface area contributed by atoms with Crippen LogP contribution in [0.2, 0.25) is 0 Å². The number of rotatable bonds is 6. The average Bonchev–Trinajstić information content (AvgIpc) is 2.75. The van der Waals surface area contributed by atoms with E-state index in [2.05, 4.69) is 59.7 Å². The van der Waals surface area contributed by atoms with E-state index in [0.717, 1.165) is 25.2 Å². The average molecular weight is 257 g/mol. The number of hydrogen-bond acceptors (Lipinski definition) is 2. The van der Waals surface area contributed by atoms with Crippen LogP contribution in [0.1, 0.15) is 41.8 Å². The highest BCUT2D eigenvalue weighted by molar-refractivity contribution is 5.22. The molecule has 0 radical (unpaired) electrons. The van der Waals surface area contributed by atoms with Crippen LogP contribution >= 0.6 is 0 Å². The molecule has 0 aliphatic rings. The number of nitrogens with zero attached hydrogens (tertiary/aromatic N) is 1. The molecule has 3 nitrogen and oxygen atoms in total. The van der Waals surface area contributed by atoms with Crippen molar-refractivity contribution < 1.29 is 0 Å². The Balaban J connectivity index is 1.76. The number of H-pyrrole nitrogens is 1. The number of aromatic amines is 1. The Hall–Kier alpha value is -1.61. The molecule has 3 heteroatoms. The van der Waals surface area contributed by atoms with E-state index in [-0.39, 0.29) is 0 Å². The molecule has 2 aromatic rings. The summed E-state index contributed by atoms with van der Waals surface area (Å²) >= 11 is 0. The predicted octanol–water partition coefficient (Wildman–Crippen LogP) is 3.31. The van der Waals surface area contributed by atoms with Crippen molar-refractivity contribution in [3.05, 3.63) is 52.8 Å². The summed E-state index contributed by atoms with van der Waals surface area (Å²) in [6.45, 7) is 8.33. The molecule has 1 aromatic heterocycles. The normalized spacial score (nSPS) is 12.6. The highest BCUT2D eigenvalue weighted by Crippen LogP contribution is 2.17. The van der Waals surface area contributed by atoms with Crippen molar-refractivity contribution in [3.8, 4) is 0 Å². The minimum Gasteiger partial charge on any atom is -0.313 e. The Morgan fingerprint density at radius 3 is 2.58 bits per heavy atom. The first-order valence-corrected chi connectivity index (χ1v) is 6.94. The Kier molecular flexibility index (Phi) is 4.74. The van der Waals surface area contributed by atoms with Gasteiger partial charge in [-0.1, -0.05) is 37.3 Å². The molecule has 1 unspecified atom stereocenters. The summed E-state index contributed by atoms with van der Waals surface area (Å²) in [7, 11) is 0. The molecule has 2 N–H and O–H groups in total. The summed E-state index contributed by atoms with van der Waals surface area (Å²) < 4.78 is 0. The zero-order valence-corrected chi connectivity index (χ0v) is 12.0. The Morgan fingerprint density at radius 1 is 1.21 bits per heavy atom. The molecule has 0 aliphatic heterocycles. The highest BCUT2D eigenvalue weighted by atomic mass is 15.1. The SMILES string of the molecule is Cc1n[nH]c(C)c1CNCCC(C)c1ccccc1. The van der Waals surface area contributed by atoms with Gasteiger partial charge in [0.2, 0.25) is 0 Å². The minimum absolute atomic E-state index is 0.597. The van der Waals surface area contributed by atoms with Gasteiger partial charge in [-0.2, -0.15) is 5.10 Å². The third-order valence-electron chi connectivity index (χ3n) is 3.71. The maximum absolute atomic E-state index is 4.21. The lowest BCUT2D eigenvalue weighted by Crippen LogP contribution is -2.17. The summed E-state index contributed by atoms with van der Waals surface area (Å²) in [6.07, 6.45) is 1.15. The molecule has 1 heterocycles. The quantitative estimate of drug-likeness (QED) is 0.779. The first-order chi connectivity index (χ1) is 9.18. The molecule has 0 amide bonds. The Morgan fingerprint density at radius 2 is 1.95 bits per heavy atom. The lowest BCUT2D eigenvalue weighted by atomic mass is 9.98. The van der Waals surface area contributed by atoms with Crippen molar-refractivity contribution in [2.45, 2.75) is 39.7 Å². The van der Waals surface area contributed by atoms with Crippen molar-refractivity contribution in [2.24, 2.45) is 0 Å².